The maximum absolute atomic E-state index is 13.1. The largest absolute Gasteiger partial charge is 0.506 e. The molecule has 0 unspecified atom stereocenters. The lowest BCUT2D eigenvalue weighted by molar-refractivity contribution is 0.0525. The number of aromatic hydroxyl groups is 1. The van der Waals surface area contributed by atoms with Gasteiger partial charge < -0.3 is 9.84 Å². The average Bonchev–Trinajstić information content (AvgIpc) is 2.65. The van der Waals surface area contributed by atoms with Crippen molar-refractivity contribution in [2.75, 3.05) is 11.9 Å². The minimum Gasteiger partial charge on any atom is -0.506 e. The minimum absolute atomic E-state index is 0.0440. The summed E-state index contributed by atoms with van der Waals surface area (Å²) in [7, 11) is 0. The maximum Gasteiger partial charge on any atom is 0.347 e. The van der Waals surface area contributed by atoms with E-state index in [4.69, 9.17) is 4.74 Å². The molecule has 0 saturated heterocycles. The van der Waals surface area contributed by atoms with E-state index < -0.39 is 28.7 Å². The fourth-order valence-electron chi connectivity index (χ4n) is 2.46. The molecule has 3 aromatic rings. The van der Waals surface area contributed by atoms with Crippen molar-refractivity contribution in [3.05, 3.63) is 64.1 Å². The van der Waals surface area contributed by atoms with Gasteiger partial charge in [0.2, 0.25) is 0 Å². The zero-order valence-electron chi connectivity index (χ0n) is 13.4. The van der Waals surface area contributed by atoms with Crippen molar-refractivity contribution in [3.8, 4) is 5.75 Å². The molecule has 26 heavy (non-hydrogen) atoms. The Hall–Kier alpha value is -2.81. The van der Waals surface area contributed by atoms with Crippen LogP contribution in [-0.4, -0.2) is 37.5 Å². The Kier molecular flexibility index (Phi) is 5.27. The Bertz CT molecular complexity index is 1020. The first-order chi connectivity index (χ1) is 12.5. The van der Waals surface area contributed by atoms with Gasteiger partial charge in [0.1, 0.15) is 23.8 Å². The molecule has 3 heterocycles. The molecule has 7 nitrogen and oxygen atoms in total. The fraction of sp³-hybridized carbons (Fsp3) is 0.176. The predicted molar refractivity (Wildman–Crippen MR) is 95.0 cm³/mol. The third-order valence-corrected chi connectivity index (χ3v) is 3.94. The third-order valence-electron chi connectivity index (χ3n) is 3.62. The van der Waals surface area contributed by atoms with Gasteiger partial charge in [0.05, 0.1) is 23.8 Å². The zero-order chi connectivity index (χ0) is 18.7. The summed E-state index contributed by atoms with van der Waals surface area (Å²) in [5, 5.41) is 11.0. The van der Waals surface area contributed by atoms with Gasteiger partial charge in [-0.05, 0) is 24.3 Å². The minimum atomic E-state index is -0.932. The summed E-state index contributed by atoms with van der Waals surface area (Å²) in [5.41, 5.74) is -0.669. The Morgan fingerprint density at radius 1 is 1.31 bits per heavy atom. The van der Waals surface area contributed by atoms with Gasteiger partial charge in [0, 0.05) is 11.5 Å². The molecule has 0 aliphatic rings. The summed E-state index contributed by atoms with van der Waals surface area (Å²) in [6.45, 7) is -0.00601. The first kappa shape index (κ1) is 18.0. The summed E-state index contributed by atoms with van der Waals surface area (Å²) >= 11 is 3.12. The Morgan fingerprint density at radius 2 is 2.12 bits per heavy atom. The molecular weight excluding hydrogens is 409 g/mol. The molecule has 0 spiro atoms. The number of rotatable bonds is 5. The van der Waals surface area contributed by atoms with E-state index in [9.17, 15) is 19.1 Å². The molecule has 3 aromatic heterocycles. The van der Waals surface area contributed by atoms with E-state index >= 15 is 0 Å². The van der Waals surface area contributed by atoms with Crippen LogP contribution in [0.1, 0.15) is 16.1 Å². The number of ether oxygens (including phenoxy) is 1. The number of alkyl halides is 1. The number of fused-ring (bicyclic) bond motifs is 1. The van der Waals surface area contributed by atoms with Crippen LogP contribution in [0, 0.1) is 5.82 Å². The molecule has 134 valence electrons. The maximum atomic E-state index is 13.1. The zero-order valence-corrected chi connectivity index (χ0v) is 14.9. The van der Waals surface area contributed by atoms with E-state index in [1.165, 1.54) is 29.0 Å². The quantitative estimate of drug-likeness (QED) is 0.501. The number of carbonyl (C=O) groups excluding carboxylic acids is 1. The molecular formula is C17H13BrFN3O4. The van der Waals surface area contributed by atoms with Crippen molar-refractivity contribution >= 4 is 32.9 Å². The molecule has 0 aliphatic carbocycles. The monoisotopic (exact) mass is 421 g/mol. The normalized spacial score (nSPS) is 10.8. The lowest BCUT2D eigenvalue weighted by atomic mass is 10.1. The summed E-state index contributed by atoms with van der Waals surface area (Å²) < 4.78 is 19.2. The van der Waals surface area contributed by atoms with Gasteiger partial charge in [0.15, 0.2) is 5.56 Å². The number of hydrogen-bond acceptors (Lipinski definition) is 6. The van der Waals surface area contributed by atoms with Gasteiger partial charge in [-0.1, -0.05) is 15.9 Å². The van der Waals surface area contributed by atoms with E-state index in [0.717, 1.165) is 6.20 Å². The number of halogens is 2. The number of aromatic nitrogens is 3. The van der Waals surface area contributed by atoms with Crippen LogP contribution in [-0.2, 0) is 11.3 Å². The van der Waals surface area contributed by atoms with Crippen LogP contribution in [0.15, 0.2) is 41.5 Å². The van der Waals surface area contributed by atoms with Crippen molar-refractivity contribution in [2.45, 2.75) is 6.54 Å². The van der Waals surface area contributed by atoms with Gasteiger partial charge in [-0.3, -0.25) is 14.3 Å². The highest BCUT2D eigenvalue weighted by atomic mass is 79.9. The van der Waals surface area contributed by atoms with E-state index in [2.05, 4.69) is 25.9 Å². The van der Waals surface area contributed by atoms with Gasteiger partial charge in [-0.2, -0.15) is 0 Å². The van der Waals surface area contributed by atoms with Crippen molar-refractivity contribution in [1.29, 1.82) is 0 Å². The Balaban J connectivity index is 2.18. The summed E-state index contributed by atoms with van der Waals surface area (Å²) in [6.07, 6.45) is 2.49. The van der Waals surface area contributed by atoms with Gasteiger partial charge in [-0.15, -0.1) is 0 Å². The first-order valence-electron chi connectivity index (χ1n) is 7.57. The van der Waals surface area contributed by atoms with Gasteiger partial charge in [-0.25, -0.2) is 14.2 Å². The highest BCUT2D eigenvalue weighted by Gasteiger charge is 2.24. The lowest BCUT2D eigenvalue weighted by Gasteiger charge is -2.13. The van der Waals surface area contributed by atoms with Crippen LogP contribution < -0.4 is 5.56 Å². The van der Waals surface area contributed by atoms with Crippen molar-refractivity contribution in [1.82, 2.24) is 14.5 Å². The SMILES string of the molecule is O=C(OCCBr)c1c(O)c2cccnc2n(Cc2ccc(F)cn2)c1=O. The summed E-state index contributed by atoms with van der Waals surface area (Å²) in [6, 6.07) is 5.74. The second kappa shape index (κ2) is 7.61. The highest BCUT2D eigenvalue weighted by Crippen LogP contribution is 2.25. The molecule has 1 N–H and O–H groups in total. The summed E-state index contributed by atoms with van der Waals surface area (Å²) in [5.74, 6) is -1.92. The van der Waals surface area contributed by atoms with Crippen molar-refractivity contribution in [2.24, 2.45) is 0 Å². The van der Waals surface area contributed by atoms with E-state index in [1.54, 1.807) is 6.07 Å². The van der Waals surface area contributed by atoms with E-state index in [0.29, 0.717) is 11.0 Å². The number of esters is 1. The van der Waals surface area contributed by atoms with Crippen LogP contribution in [0.4, 0.5) is 4.39 Å². The summed E-state index contributed by atoms with van der Waals surface area (Å²) in [4.78, 5) is 33.1. The Morgan fingerprint density at radius 3 is 2.81 bits per heavy atom. The number of pyridine rings is 3. The van der Waals surface area contributed by atoms with Crippen LogP contribution in [0.2, 0.25) is 0 Å². The van der Waals surface area contributed by atoms with E-state index in [1.807, 2.05) is 0 Å². The molecule has 0 radical (unpaired) electrons. The lowest BCUT2D eigenvalue weighted by Crippen LogP contribution is -2.29. The molecule has 0 atom stereocenters. The van der Waals surface area contributed by atoms with Crippen molar-refractivity contribution in [3.63, 3.8) is 0 Å². The highest BCUT2D eigenvalue weighted by molar-refractivity contribution is 9.09. The standard InChI is InChI=1S/C17H13BrFN3O4/c18-5-7-26-17(25)13-14(23)12-2-1-6-20-15(12)22(16(13)24)9-11-4-3-10(19)8-21-11/h1-4,6,8,23H,5,7,9H2. The number of carbonyl (C=O) groups is 1. The molecule has 0 aromatic carbocycles. The van der Waals surface area contributed by atoms with Gasteiger partial charge in [0.25, 0.3) is 5.56 Å². The van der Waals surface area contributed by atoms with Gasteiger partial charge >= 0.3 is 5.97 Å². The molecule has 9 heteroatoms. The first-order valence-corrected chi connectivity index (χ1v) is 8.69. The smallest absolute Gasteiger partial charge is 0.347 e. The fourth-order valence-corrected chi connectivity index (χ4v) is 2.62. The number of nitrogens with zero attached hydrogens (tertiary/aromatic N) is 3. The number of hydrogen-bond donors (Lipinski definition) is 1. The predicted octanol–water partition coefficient (Wildman–Crippen LogP) is 2.24. The molecule has 3 rings (SSSR count). The van der Waals surface area contributed by atoms with E-state index in [-0.39, 0.29) is 24.2 Å². The molecule has 0 amide bonds. The average molecular weight is 422 g/mol. The third kappa shape index (κ3) is 3.43. The second-order valence-corrected chi connectivity index (χ2v) is 6.08. The van der Waals surface area contributed by atoms with Crippen LogP contribution in [0.25, 0.3) is 11.0 Å². The Labute approximate surface area is 155 Å². The van der Waals surface area contributed by atoms with Crippen LogP contribution in [0.5, 0.6) is 5.75 Å². The van der Waals surface area contributed by atoms with Crippen molar-refractivity contribution < 1.29 is 19.0 Å². The van der Waals surface area contributed by atoms with Crippen LogP contribution >= 0.6 is 15.9 Å². The molecule has 0 bridgehead atoms. The molecule has 0 fully saturated rings. The second-order valence-electron chi connectivity index (χ2n) is 5.28. The molecule has 0 aliphatic heterocycles. The van der Waals surface area contributed by atoms with Crippen LogP contribution in [0.3, 0.4) is 0 Å². The molecule has 0 saturated carbocycles. The topological polar surface area (TPSA) is 94.3 Å².